The Labute approximate surface area is 137 Å². The van der Waals surface area contributed by atoms with E-state index in [9.17, 15) is 9.59 Å². The second-order valence-electron chi connectivity index (χ2n) is 5.62. The van der Waals surface area contributed by atoms with Crippen LogP contribution < -0.4 is 10.9 Å². The second kappa shape index (κ2) is 5.62. The van der Waals surface area contributed by atoms with Gasteiger partial charge in [0, 0.05) is 12.7 Å². The molecule has 0 aliphatic rings. The molecule has 2 aromatic heterocycles. The quantitative estimate of drug-likeness (QED) is 0.786. The molecule has 0 spiro atoms. The van der Waals surface area contributed by atoms with Crippen molar-refractivity contribution in [1.82, 2.24) is 9.55 Å². The van der Waals surface area contributed by atoms with Gasteiger partial charge in [-0.3, -0.25) is 9.59 Å². The number of aromatic nitrogens is 2. The molecule has 23 heavy (non-hydrogen) atoms. The Morgan fingerprint density at radius 1 is 1.22 bits per heavy atom. The summed E-state index contributed by atoms with van der Waals surface area (Å²) in [6.07, 6.45) is 1.48. The largest absolute Gasteiger partial charge is 0.321 e. The van der Waals surface area contributed by atoms with Crippen LogP contribution in [0.15, 0.2) is 29.3 Å². The highest BCUT2D eigenvalue weighted by Crippen LogP contribution is 2.28. The molecule has 0 saturated heterocycles. The predicted octanol–water partition coefficient (Wildman–Crippen LogP) is 3.17. The van der Waals surface area contributed by atoms with Crippen LogP contribution in [0.3, 0.4) is 0 Å². The van der Waals surface area contributed by atoms with Crippen LogP contribution in [-0.2, 0) is 7.05 Å². The molecule has 0 radical (unpaired) electrons. The fourth-order valence-electron chi connectivity index (χ4n) is 2.61. The Kier molecular flexibility index (Phi) is 3.77. The first kappa shape index (κ1) is 15.4. The molecular weight excluding hydrogens is 310 g/mol. The van der Waals surface area contributed by atoms with E-state index in [1.165, 1.54) is 22.2 Å². The summed E-state index contributed by atoms with van der Waals surface area (Å²) in [4.78, 5) is 30.3. The molecule has 6 heteroatoms. The molecule has 0 bridgehead atoms. The van der Waals surface area contributed by atoms with Gasteiger partial charge in [0.05, 0.1) is 16.6 Å². The summed E-state index contributed by atoms with van der Waals surface area (Å²) in [5.74, 6) is -0.204. The Balaban J connectivity index is 2.07. The van der Waals surface area contributed by atoms with Gasteiger partial charge in [0.25, 0.3) is 11.5 Å². The van der Waals surface area contributed by atoms with Gasteiger partial charge in [-0.05, 0) is 37.5 Å². The van der Waals surface area contributed by atoms with Crippen LogP contribution >= 0.6 is 11.3 Å². The average molecular weight is 327 g/mol. The summed E-state index contributed by atoms with van der Waals surface area (Å²) < 4.78 is 1.43. The fourth-order valence-corrected chi connectivity index (χ4v) is 3.64. The maximum absolute atomic E-state index is 12.7. The minimum atomic E-state index is -0.204. The molecule has 3 aromatic rings. The Morgan fingerprint density at radius 3 is 2.52 bits per heavy atom. The highest BCUT2D eigenvalue weighted by atomic mass is 32.1. The molecule has 2 heterocycles. The summed E-state index contributed by atoms with van der Waals surface area (Å²) in [6, 6.07) is 5.87. The monoisotopic (exact) mass is 327 g/mol. The van der Waals surface area contributed by atoms with Crippen molar-refractivity contribution in [3.8, 4) is 0 Å². The Hall–Kier alpha value is -2.47. The number of nitrogens with one attached hydrogen (secondary N) is 1. The Morgan fingerprint density at radius 2 is 1.87 bits per heavy atom. The number of hydrogen-bond donors (Lipinski definition) is 1. The molecule has 3 rings (SSSR count). The smallest absolute Gasteiger partial charge is 0.266 e. The number of amides is 1. The first-order valence-electron chi connectivity index (χ1n) is 7.22. The molecular formula is C17H17N3O2S. The lowest BCUT2D eigenvalue weighted by atomic mass is 10.1. The standard InChI is InChI=1S/C17H17N3O2S/c1-9-6-5-7-10(2)13(9)19-15(21)14-11(3)12-16(23-14)18-8-20(4)17(12)22/h5-8H,1-4H3,(H,19,21). The lowest BCUT2D eigenvalue weighted by Gasteiger charge is -2.10. The maximum Gasteiger partial charge on any atom is 0.266 e. The molecule has 5 nitrogen and oxygen atoms in total. The van der Waals surface area contributed by atoms with E-state index in [1.54, 1.807) is 14.0 Å². The zero-order valence-corrected chi connectivity index (χ0v) is 14.2. The average Bonchev–Trinajstić information content (AvgIpc) is 2.84. The Bertz CT molecular complexity index is 965. The van der Waals surface area contributed by atoms with Crippen LogP contribution in [-0.4, -0.2) is 15.5 Å². The number of thiophene rings is 1. The maximum atomic E-state index is 12.7. The lowest BCUT2D eigenvalue weighted by molar-refractivity contribution is 0.103. The number of rotatable bonds is 2. The number of fused-ring (bicyclic) bond motifs is 1. The van der Waals surface area contributed by atoms with E-state index >= 15 is 0 Å². The van der Waals surface area contributed by atoms with Crippen molar-refractivity contribution < 1.29 is 4.79 Å². The second-order valence-corrected chi connectivity index (χ2v) is 6.62. The third-order valence-corrected chi connectivity index (χ3v) is 5.14. The van der Waals surface area contributed by atoms with Gasteiger partial charge in [0.15, 0.2) is 0 Å². The molecule has 0 saturated carbocycles. The first-order chi connectivity index (χ1) is 10.9. The van der Waals surface area contributed by atoms with Crippen LogP contribution in [0, 0.1) is 20.8 Å². The molecule has 0 aliphatic carbocycles. The van der Waals surface area contributed by atoms with Crippen molar-refractivity contribution in [3.05, 3.63) is 56.4 Å². The lowest BCUT2D eigenvalue weighted by Crippen LogP contribution is -2.17. The number of para-hydroxylation sites is 1. The number of hydrogen-bond acceptors (Lipinski definition) is 4. The highest BCUT2D eigenvalue weighted by Gasteiger charge is 2.19. The van der Waals surface area contributed by atoms with Gasteiger partial charge in [-0.1, -0.05) is 18.2 Å². The van der Waals surface area contributed by atoms with Crippen LogP contribution in [0.1, 0.15) is 26.4 Å². The van der Waals surface area contributed by atoms with Gasteiger partial charge in [0.1, 0.15) is 4.83 Å². The highest BCUT2D eigenvalue weighted by molar-refractivity contribution is 7.20. The first-order valence-corrected chi connectivity index (χ1v) is 8.04. The van der Waals surface area contributed by atoms with Crippen molar-refractivity contribution in [2.75, 3.05) is 5.32 Å². The van der Waals surface area contributed by atoms with Crippen molar-refractivity contribution in [3.63, 3.8) is 0 Å². The van der Waals surface area contributed by atoms with Gasteiger partial charge in [-0.2, -0.15) is 0 Å². The summed E-state index contributed by atoms with van der Waals surface area (Å²) in [7, 11) is 1.66. The van der Waals surface area contributed by atoms with Gasteiger partial charge in [-0.15, -0.1) is 11.3 Å². The molecule has 0 unspecified atom stereocenters. The molecule has 1 amide bonds. The SMILES string of the molecule is Cc1cccc(C)c1NC(=O)c1sc2ncn(C)c(=O)c2c1C. The van der Waals surface area contributed by atoms with Crippen LogP contribution in [0.2, 0.25) is 0 Å². The van der Waals surface area contributed by atoms with Crippen molar-refractivity contribution in [1.29, 1.82) is 0 Å². The van der Waals surface area contributed by atoms with Gasteiger partial charge >= 0.3 is 0 Å². The van der Waals surface area contributed by atoms with Crippen LogP contribution in [0.4, 0.5) is 5.69 Å². The zero-order valence-electron chi connectivity index (χ0n) is 13.4. The minimum Gasteiger partial charge on any atom is -0.321 e. The van der Waals surface area contributed by atoms with Crippen molar-refractivity contribution in [2.24, 2.45) is 7.05 Å². The van der Waals surface area contributed by atoms with Gasteiger partial charge in [0.2, 0.25) is 0 Å². The number of aryl methyl sites for hydroxylation is 4. The van der Waals surface area contributed by atoms with E-state index in [4.69, 9.17) is 0 Å². The molecule has 0 fully saturated rings. The third-order valence-electron chi connectivity index (χ3n) is 3.94. The minimum absolute atomic E-state index is 0.130. The molecule has 0 aliphatic heterocycles. The van der Waals surface area contributed by atoms with Gasteiger partial charge < -0.3 is 9.88 Å². The molecule has 0 atom stereocenters. The number of benzene rings is 1. The van der Waals surface area contributed by atoms with E-state index < -0.39 is 0 Å². The molecule has 1 aromatic carbocycles. The van der Waals surface area contributed by atoms with Crippen LogP contribution in [0.5, 0.6) is 0 Å². The van der Waals surface area contributed by atoms with E-state index in [-0.39, 0.29) is 11.5 Å². The van der Waals surface area contributed by atoms with E-state index in [2.05, 4.69) is 10.3 Å². The van der Waals surface area contributed by atoms with E-state index in [0.717, 1.165) is 16.8 Å². The number of carbonyl (C=O) groups is 1. The number of nitrogens with zero attached hydrogens (tertiary/aromatic N) is 2. The fraction of sp³-hybridized carbons (Fsp3) is 0.235. The van der Waals surface area contributed by atoms with Crippen molar-refractivity contribution >= 4 is 33.1 Å². The van der Waals surface area contributed by atoms with E-state index in [1.807, 2.05) is 32.0 Å². The summed E-state index contributed by atoms with van der Waals surface area (Å²) in [5, 5.41) is 3.49. The molecule has 1 N–H and O–H groups in total. The number of carbonyl (C=O) groups excluding carboxylic acids is 1. The van der Waals surface area contributed by atoms with E-state index in [0.29, 0.717) is 20.7 Å². The molecule has 118 valence electrons. The number of anilines is 1. The van der Waals surface area contributed by atoms with Crippen LogP contribution in [0.25, 0.3) is 10.2 Å². The summed E-state index contributed by atoms with van der Waals surface area (Å²) in [6.45, 7) is 5.71. The normalized spacial score (nSPS) is 11.0. The topological polar surface area (TPSA) is 64.0 Å². The summed E-state index contributed by atoms with van der Waals surface area (Å²) >= 11 is 1.25. The summed E-state index contributed by atoms with van der Waals surface area (Å²) in [5.41, 5.74) is 3.38. The third kappa shape index (κ3) is 2.55. The van der Waals surface area contributed by atoms with Gasteiger partial charge in [-0.25, -0.2) is 4.98 Å². The zero-order chi connectivity index (χ0) is 16.7. The van der Waals surface area contributed by atoms with Crippen molar-refractivity contribution in [2.45, 2.75) is 20.8 Å². The predicted molar refractivity (Wildman–Crippen MR) is 93.5 cm³/mol.